The molecule has 1 aliphatic heterocycles. The second-order valence-corrected chi connectivity index (χ2v) is 4.52. The Hall–Kier alpha value is -2.29. The fourth-order valence-corrected chi connectivity index (χ4v) is 2.37. The van der Waals surface area contributed by atoms with Crippen molar-refractivity contribution < 1.29 is 14.3 Å². The molecule has 0 bridgehead atoms. The maximum atomic E-state index is 11.3. The van der Waals surface area contributed by atoms with Gasteiger partial charge >= 0.3 is 5.97 Å². The van der Waals surface area contributed by atoms with Gasteiger partial charge in [-0.2, -0.15) is 0 Å². The zero-order valence-corrected chi connectivity index (χ0v) is 10.4. The molecule has 2 aliphatic rings. The van der Waals surface area contributed by atoms with Gasteiger partial charge < -0.3 is 9.47 Å². The summed E-state index contributed by atoms with van der Waals surface area (Å²) in [6.45, 7) is -0.0113. The van der Waals surface area contributed by atoms with E-state index in [2.05, 4.69) is 18.2 Å². The molecule has 0 saturated carbocycles. The number of hydrogen-bond donors (Lipinski definition) is 0. The number of rotatable bonds is 2. The van der Waals surface area contributed by atoms with Gasteiger partial charge in [0.25, 0.3) is 0 Å². The number of carbonyl (C=O) groups is 1. The van der Waals surface area contributed by atoms with Crippen LogP contribution < -0.4 is 0 Å². The number of cyclic esters (lactones) is 1. The topological polar surface area (TPSA) is 35.5 Å². The van der Waals surface area contributed by atoms with E-state index in [0.717, 1.165) is 12.0 Å². The van der Waals surface area contributed by atoms with E-state index in [1.54, 1.807) is 0 Å². The Morgan fingerprint density at radius 1 is 1.16 bits per heavy atom. The molecule has 0 N–H and O–H groups in total. The number of ether oxygens (including phenoxy) is 2. The molecular formula is C16H14O3. The summed E-state index contributed by atoms with van der Waals surface area (Å²) >= 11 is 0. The van der Waals surface area contributed by atoms with Crippen LogP contribution in [-0.2, 0) is 14.3 Å². The number of allylic oxidation sites excluding steroid dienone is 4. The SMILES string of the molecule is O=C1COC=C(C2=CC=CCC2c2ccccc2)O1. The lowest BCUT2D eigenvalue weighted by Crippen LogP contribution is -2.19. The summed E-state index contributed by atoms with van der Waals surface area (Å²) in [6, 6.07) is 10.2. The van der Waals surface area contributed by atoms with Crippen molar-refractivity contribution in [1.82, 2.24) is 0 Å². The molecule has 1 aromatic rings. The summed E-state index contributed by atoms with van der Waals surface area (Å²) in [5, 5.41) is 0. The first-order valence-corrected chi connectivity index (χ1v) is 6.29. The Labute approximate surface area is 111 Å². The molecule has 0 saturated heterocycles. The molecule has 3 nitrogen and oxygen atoms in total. The van der Waals surface area contributed by atoms with E-state index >= 15 is 0 Å². The Morgan fingerprint density at radius 3 is 2.79 bits per heavy atom. The van der Waals surface area contributed by atoms with E-state index in [1.807, 2.05) is 30.4 Å². The molecule has 1 unspecified atom stereocenters. The fraction of sp³-hybridized carbons (Fsp3) is 0.188. The molecule has 0 aromatic heterocycles. The van der Waals surface area contributed by atoms with Crippen LogP contribution in [0, 0.1) is 0 Å². The van der Waals surface area contributed by atoms with E-state index in [1.165, 1.54) is 11.8 Å². The predicted molar refractivity (Wildman–Crippen MR) is 71.2 cm³/mol. The molecule has 0 amide bonds. The smallest absolute Gasteiger partial charge is 0.349 e. The molecule has 1 heterocycles. The van der Waals surface area contributed by atoms with Gasteiger partial charge in [0.2, 0.25) is 0 Å². The molecule has 0 spiro atoms. The van der Waals surface area contributed by atoms with Gasteiger partial charge in [-0.15, -0.1) is 0 Å². The summed E-state index contributed by atoms with van der Waals surface area (Å²) in [7, 11) is 0. The minimum Gasteiger partial charge on any atom is -0.486 e. The zero-order valence-electron chi connectivity index (χ0n) is 10.4. The van der Waals surface area contributed by atoms with E-state index in [9.17, 15) is 4.79 Å². The first-order valence-electron chi connectivity index (χ1n) is 6.29. The highest BCUT2D eigenvalue weighted by Gasteiger charge is 2.25. The van der Waals surface area contributed by atoms with Crippen LogP contribution >= 0.6 is 0 Å². The van der Waals surface area contributed by atoms with Gasteiger partial charge in [-0.1, -0.05) is 48.6 Å². The first-order chi connectivity index (χ1) is 9.34. The van der Waals surface area contributed by atoms with Gasteiger partial charge in [0.05, 0.1) is 0 Å². The van der Waals surface area contributed by atoms with Crippen LogP contribution in [-0.4, -0.2) is 12.6 Å². The van der Waals surface area contributed by atoms with Crippen molar-refractivity contribution in [2.45, 2.75) is 12.3 Å². The van der Waals surface area contributed by atoms with Gasteiger partial charge in [-0.3, -0.25) is 0 Å². The maximum Gasteiger partial charge on any atom is 0.349 e. The van der Waals surface area contributed by atoms with E-state index in [4.69, 9.17) is 9.47 Å². The molecule has 0 fully saturated rings. The predicted octanol–water partition coefficient (Wildman–Crippen LogP) is 3.07. The van der Waals surface area contributed by atoms with Crippen LogP contribution in [0.3, 0.4) is 0 Å². The largest absolute Gasteiger partial charge is 0.486 e. The van der Waals surface area contributed by atoms with E-state index in [0.29, 0.717) is 5.76 Å². The van der Waals surface area contributed by atoms with Crippen molar-refractivity contribution >= 4 is 5.97 Å². The van der Waals surface area contributed by atoms with Crippen LogP contribution in [0.2, 0.25) is 0 Å². The molecular weight excluding hydrogens is 240 g/mol. The number of hydrogen-bond acceptors (Lipinski definition) is 3. The van der Waals surface area contributed by atoms with Gasteiger partial charge in [0.1, 0.15) is 6.26 Å². The van der Waals surface area contributed by atoms with E-state index < -0.39 is 0 Å². The average molecular weight is 254 g/mol. The van der Waals surface area contributed by atoms with Gasteiger partial charge in [0, 0.05) is 11.5 Å². The summed E-state index contributed by atoms with van der Waals surface area (Å²) in [5.74, 6) is 0.376. The minimum absolute atomic E-state index is 0.0113. The summed E-state index contributed by atoms with van der Waals surface area (Å²) in [6.07, 6.45) is 8.51. The second kappa shape index (κ2) is 5.14. The van der Waals surface area contributed by atoms with Crippen molar-refractivity contribution in [2.24, 2.45) is 0 Å². The quantitative estimate of drug-likeness (QED) is 0.761. The lowest BCUT2D eigenvalue weighted by atomic mass is 9.84. The number of carbonyl (C=O) groups excluding carboxylic acids is 1. The molecule has 19 heavy (non-hydrogen) atoms. The highest BCUT2D eigenvalue weighted by Crippen LogP contribution is 2.36. The third-order valence-electron chi connectivity index (χ3n) is 3.26. The zero-order chi connectivity index (χ0) is 13.1. The lowest BCUT2D eigenvalue weighted by Gasteiger charge is -2.25. The Balaban J connectivity index is 1.93. The first kappa shape index (κ1) is 11.8. The monoisotopic (exact) mass is 254 g/mol. The van der Waals surface area contributed by atoms with Gasteiger partial charge in [0.15, 0.2) is 12.4 Å². The van der Waals surface area contributed by atoms with Crippen LogP contribution in [0.1, 0.15) is 17.9 Å². The Kier molecular flexibility index (Phi) is 3.19. The second-order valence-electron chi connectivity index (χ2n) is 4.52. The van der Waals surface area contributed by atoms with E-state index in [-0.39, 0.29) is 18.5 Å². The van der Waals surface area contributed by atoms with Gasteiger partial charge in [-0.05, 0) is 12.0 Å². The molecule has 1 aliphatic carbocycles. The molecule has 1 atom stereocenters. The molecule has 3 heteroatoms. The standard InChI is InChI=1S/C16H14O3/c17-16-11-18-10-15(19-16)14-9-5-4-8-13(14)12-6-2-1-3-7-12/h1-7,9-10,13H,8,11H2. The highest BCUT2D eigenvalue weighted by atomic mass is 16.6. The lowest BCUT2D eigenvalue weighted by molar-refractivity contribution is -0.145. The van der Waals surface area contributed by atoms with Crippen molar-refractivity contribution in [2.75, 3.05) is 6.61 Å². The van der Waals surface area contributed by atoms with Crippen molar-refractivity contribution in [3.05, 3.63) is 71.7 Å². The number of benzene rings is 1. The summed E-state index contributed by atoms with van der Waals surface area (Å²) in [5.41, 5.74) is 2.20. The summed E-state index contributed by atoms with van der Waals surface area (Å²) < 4.78 is 10.4. The average Bonchev–Trinajstić information content (AvgIpc) is 2.48. The van der Waals surface area contributed by atoms with Crippen LogP contribution in [0.5, 0.6) is 0 Å². The summed E-state index contributed by atoms with van der Waals surface area (Å²) in [4.78, 5) is 11.3. The minimum atomic E-state index is -0.347. The van der Waals surface area contributed by atoms with Gasteiger partial charge in [-0.25, -0.2) is 4.79 Å². The molecule has 0 radical (unpaired) electrons. The third kappa shape index (κ3) is 2.45. The van der Waals surface area contributed by atoms with Crippen molar-refractivity contribution in [1.29, 1.82) is 0 Å². The molecule has 96 valence electrons. The molecule has 1 aromatic carbocycles. The van der Waals surface area contributed by atoms with Crippen LogP contribution in [0.25, 0.3) is 0 Å². The Bertz CT molecular complexity index is 567. The van der Waals surface area contributed by atoms with Crippen molar-refractivity contribution in [3.8, 4) is 0 Å². The van der Waals surface area contributed by atoms with Crippen LogP contribution in [0.4, 0.5) is 0 Å². The number of esters is 1. The maximum absolute atomic E-state index is 11.3. The Morgan fingerprint density at radius 2 is 2.00 bits per heavy atom. The highest BCUT2D eigenvalue weighted by molar-refractivity contribution is 5.73. The normalized spacial score (nSPS) is 22.1. The third-order valence-corrected chi connectivity index (χ3v) is 3.26. The fourth-order valence-electron chi connectivity index (χ4n) is 2.37. The molecule has 3 rings (SSSR count). The van der Waals surface area contributed by atoms with Crippen molar-refractivity contribution in [3.63, 3.8) is 0 Å². The van der Waals surface area contributed by atoms with Crippen LogP contribution in [0.15, 0.2) is 66.2 Å².